The molecule has 0 atom stereocenters. The van der Waals surface area contributed by atoms with E-state index in [-0.39, 0.29) is 4.90 Å². The van der Waals surface area contributed by atoms with Crippen LogP contribution in [-0.4, -0.2) is 20.7 Å². The van der Waals surface area contributed by atoms with Crippen molar-refractivity contribution in [1.82, 2.24) is 4.72 Å². The number of nitrogens with one attached hydrogen (secondary N) is 1. The Morgan fingerprint density at radius 1 is 1.38 bits per heavy atom. The number of rotatable bonds is 4. The highest BCUT2D eigenvalue weighted by Gasteiger charge is 2.17. The monoisotopic (exact) mass is 260 g/mol. The summed E-state index contributed by atoms with van der Waals surface area (Å²) >= 11 is 1.50. The number of thioether (sulfide) groups is 1. The molecule has 0 bridgehead atoms. The number of hydrogen-bond acceptors (Lipinski definition) is 4. The molecule has 6 heteroatoms. The average molecular weight is 260 g/mol. The molecule has 3 N–H and O–H groups in total. The third-order valence-corrected chi connectivity index (χ3v) is 4.55. The molecule has 0 heterocycles. The van der Waals surface area contributed by atoms with Crippen molar-refractivity contribution >= 4 is 27.5 Å². The van der Waals surface area contributed by atoms with Gasteiger partial charge < -0.3 is 5.73 Å². The van der Waals surface area contributed by atoms with Gasteiger partial charge in [0, 0.05) is 15.8 Å². The molecule has 0 fully saturated rings. The van der Waals surface area contributed by atoms with Gasteiger partial charge >= 0.3 is 0 Å². The second-order valence-electron chi connectivity index (χ2n) is 3.58. The second kappa shape index (κ2) is 5.07. The number of sulfonamides is 1. The second-order valence-corrected chi connectivity index (χ2v) is 7.05. The maximum Gasteiger partial charge on any atom is 0.241 e. The van der Waals surface area contributed by atoms with E-state index in [1.807, 2.05) is 13.8 Å². The summed E-state index contributed by atoms with van der Waals surface area (Å²) in [6.07, 6.45) is 0. The Balaban J connectivity index is 3.29. The lowest BCUT2D eigenvalue weighted by atomic mass is 10.3. The highest BCUT2D eigenvalue weighted by Crippen LogP contribution is 2.30. The molecule has 1 rings (SSSR count). The highest BCUT2D eigenvalue weighted by atomic mass is 32.2. The molecule has 0 aliphatic rings. The van der Waals surface area contributed by atoms with Crippen molar-refractivity contribution in [2.75, 3.05) is 12.8 Å². The predicted octanol–water partition coefficient (Wildman–Crippen LogP) is 1.68. The molecule has 0 aliphatic heterocycles. The molecule has 90 valence electrons. The fourth-order valence-corrected chi connectivity index (χ4v) is 3.34. The van der Waals surface area contributed by atoms with Crippen molar-refractivity contribution in [1.29, 1.82) is 0 Å². The fraction of sp³-hybridized carbons (Fsp3) is 0.400. The number of hydrogen-bond donors (Lipinski definition) is 2. The first-order valence-electron chi connectivity index (χ1n) is 4.86. The Kier molecular flexibility index (Phi) is 4.23. The van der Waals surface area contributed by atoms with Crippen LogP contribution in [0.1, 0.15) is 13.8 Å². The molecule has 1 aromatic carbocycles. The molecule has 0 spiro atoms. The minimum atomic E-state index is -3.45. The van der Waals surface area contributed by atoms with Gasteiger partial charge in [0.1, 0.15) is 0 Å². The number of benzene rings is 1. The van der Waals surface area contributed by atoms with Crippen LogP contribution >= 0.6 is 11.8 Å². The predicted molar refractivity (Wildman–Crippen MR) is 68.1 cm³/mol. The van der Waals surface area contributed by atoms with Crippen LogP contribution in [0.2, 0.25) is 0 Å². The van der Waals surface area contributed by atoms with E-state index in [0.29, 0.717) is 10.9 Å². The summed E-state index contributed by atoms with van der Waals surface area (Å²) in [6.45, 7) is 4.02. The van der Waals surface area contributed by atoms with Gasteiger partial charge in [-0.1, -0.05) is 13.8 Å². The van der Waals surface area contributed by atoms with Crippen LogP contribution in [0, 0.1) is 0 Å². The Bertz CT molecular complexity index is 470. The van der Waals surface area contributed by atoms with E-state index in [4.69, 9.17) is 5.73 Å². The SMILES string of the molecule is CNS(=O)(=O)c1cc(N)ccc1SC(C)C. The molecule has 16 heavy (non-hydrogen) atoms. The minimum absolute atomic E-state index is 0.244. The molecule has 0 amide bonds. The maximum absolute atomic E-state index is 11.8. The van der Waals surface area contributed by atoms with Crippen LogP contribution < -0.4 is 10.5 Å². The van der Waals surface area contributed by atoms with Gasteiger partial charge in [0.05, 0.1) is 4.90 Å². The van der Waals surface area contributed by atoms with Crippen molar-refractivity contribution in [3.05, 3.63) is 18.2 Å². The quantitative estimate of drug-likeness (QED) is 0.638. The van der Waals surface area contributed by atoms with E-state index in [9.17, 15) is 8.42 Å². The van der Waals surface area contributed by atoms with Crippen LogP contribution in [-0.2, 0) is 10.0 Å². The van der Waals surface area contributed by atoms with Crippen LogP contribution in [0.25, 0.3) is 0 Å². The highest BCUT2D eigenvalue weighted by molar-refractivity contribution is 8.00. The Hall–Kier alpha value is -0.720. The molecule has 4 nitrogen and oxygen atoms in total. The minimum Gasteiger partial charge on any atom is -0.399 e. The van der Waals surface area contributed by atoms with Crippen LogP contribution in [0.15, 0.2) is 28.0 Å². The summed E-state index contributed by atoms with van der Waals surface area (Å²) in [5.41, 5.74) is 6.05. The van der Waals surface area contributed by atoms with Gasteiger partial charge in [-0.2, -0.15) is 0 Å². The van der Waals surface area contributed by atoms with Crippen molar-refractivity contribution in [2.24, 2.45) is 0 Å². The zero-order valence-electron chi connectivity index (χ0n) is 9.52. The van der Waals surface area contributed by atoms with E-state index in [1.54, 1.807) is 12.1 Å². The smallest absolute Gasteiger partial charge is 0.241 e. The van der Waals surface area contributed by atoms with Crippen LogP contribution in [0.3, 0.4) is 0 Å². The Morgan fingerprint density at radius 3 is 2.50 bits per heavy atom. The van der Waals surface area contributed by atoms with E-state index in [1.165, 1.54) is 24.9 Å². The van der Waals surface area contributed by atoms with Gasteiger partial charge in [-0.05, 0) is 25.2 Å². The molecule has 0 radical (unpaired) electrons. The van der Waals surface area contributed by atoms with E-state index in [2.05, 4.69) is 4.72 Å². The fourth-order valence-electron chi connectivity index (χ4n) is 1.20. The first kappa shape index (κ1) is 13.3. The Morgan fingerprint density at radius 2 is 2.00 bits per heavy atom. The third kappa shape index (κ3) is 3.13. The van der Waals surface area contributed by atoms with E-state index in [0.717, 1.165) is 4.90 Å². The molecular formula is C10H16N2O2S2. The molecule has 0 aromatic heterocycles. The summed E-state index contributed by atoms with van der Waals surface area (Å²) in [5, 5.41) is 0.314. The van der Waals surface area contributed by atoms with Gasteiger partial charge in [0.15, 0.2) is 0 Å². The summed E-state index contributed by atoms with van der Waals surface area (Å²) in [5.74, 6) is 0. The lowest BCUT2D eigenvalue weighted by Gasteiger charge is -2.11. The van der Waals surface area contributed by atoms with Gasteiger partial charge in [-0.3, -0.25) is 0 Å². The standard InChI is InChI=1S/C10H16N2O2S2/c1-7(2)15-9-5-4-8(11)6-10(9)16(13,14)12-3/h4-7,12H,11H2,1-3H3. The van der Waals surface area contributed by atoms with Gasteiger partial charge in [0.2, 0.25) is 10.0 Å². The number of anilines is 1. The summed E-state index contributed by atoms with van der Waals surface area (Å²) < 4.78 is 25.9. The zero-order valence-corrected chi connectivity index (χ0v) is 11.2. The molecule has 0 saturated heterocycles. The maximum atomic E-state index is 11.8. The number of nitrogens with two attached hydrogens (primary N) is 1. The molecule has 0 aliphatic carbocycles. The third-order valence-electron chi connectivity index (χ3n) is 1.89. The van der Waals surface area contributed by atoms with E-state index >= 15 is 0 Å². The molecule has 0 saturated carbocycles. The van der Waals surface area contributed by atoms with Crippen molar-refractivity contribution in [3.8, 4) is 0 Å². The zero-order chi connectivity index (χ0) is 12.3. The molecule has 0 unspecified atom stereocenters. The average Bonchev–Trinajstić information content (AvgIpc) is 2.20. The molecular weight excluding hydrogens is 244 g/mol. The lowest BCUT2D eigenvalue weighted by molar-refractivity contribution is 0.586. The van der Waals surface area contributed by atoms with Crippen LogP contribution in [0.5, 0.6) is 0 Å². The normalized spacial score (nSPS) is 12.0. The van der Waals surface area contributed by atoms with Crippen molar-refractivity contribution < 1.29 is 8.42 Å². The largest absolute Gasteiger partial charge is 0.399 e. The van der Waals surface area contributed by atoms with Crippen molar-refractivity contribution in [2.45, 2.75) is 28.9 Å². The summed E-state index contributed by atoms with van der Waals surface area (Å²) in [4.78, 5) is 0.965. The van der Waals surface area contributed by atoms with Crippen molar-refractivity contribution in [3.63, 3.8) is 0 Å². The Labute approximate surface area is 101 Å². The van der Waals surface area contributed by atoms with Crippen LogP contribution in [0.4, 0.5) is 5.69 Å². The first-order chi connectivity index (χ1) is 7.36. The lowest BCUT2D eigenvalue weighted by Crippen LogP contribution is -2.19. The first-order valence-corrected chi connectivity index (χ1v) is 7.23. The summed E-state index contributed by atoms with van der Waals surface area (Å²) in [7, 11) is -2.06. The van der Waals surface area contributed by atoms with Gasteiger partial charge in [0.25, 0.3) is 0 Å². The van der Waals surface area contributed by atoms with E-state index < -0.39 is 10.0 Å². The molecule has 1 aromatic rings. The van der Waals surface area contributed by atoms with Gasteiger partial charge in [-0.25, -0.2) is 13.1 Å². The summed E-state index contributed by atoms with van der Waals surface area (Å²) in [6, 6.07) is 4.93. The van der Waals surface area contributed by atoms with Gasteiger partial charge in [-0.15, -0.1) is 11.8 Å². The number of nitrogen functional groups attached to an aromatic ring is 1. The topological polar surface area (TPSA) is 72.2 Å².